The Labute approximate surface area is 286 Å². The number of anilines is 2. The van der Waals surface area contributed by atoms with Gasteiger partial charge in [0.2, 0.25) is 0 Å². The van der Waals surface area contributed by atoms with Gasteiger partial charge in [0.1, 0.15) is 12.4 Å². The van der Waals surface area contributed by atoms with Gasteiger partial charge in [-0.1, -0.05) is 45.0 Å². The van der Waals surface area contributed by atoms with Crippen LogP contribution in [0.3, 0.4) is 0 Å². The average molecular weight is 657 g/mol. The normalized spacial score (nSPS) is 15.2. The molecule has 1 amide bonds. The Morgan fingerprint density at radius 3 is 2.52 bits per heavy atom. The number of aryl methyl sites for hydroxylation is 2. The number of ether oxygens (including phenoxy) is 4. The van der Waals surface area contributed by atoms with Crippen LogP contribution in [0, 0.1) is 12.8 Å². The van der Waals surface area contributed by atoms with E-state index in [-0.39, 0.29) is 17.9 Å². The summed E-state index contributed by atoms with van der Waals surface area (Å²) >= 11 is 0. The van der Waals surface area contributed by atoms with E-state index in [1.165, 1.54) is 5.56 Å². The van der Waals surface area contributed by atoms with E-state index in [1.54, 1.807) is 7.11 Å². The number of fused-ring (bicyclic) bond motifs is 4. The summed E-state index contributed by atoms with van der Waals surface area (Å²) in [6.45, 7) is 12.4. The number of rotatable bonds is 18. The summed E-state index contributed by atoms with van der Waals surface area (Å²) in [5.41, 5.74) is 7.17. The van der Waals surface area contributed by atoms with Gasteiger partial charge >= 0.3 is 0 Å². The zero-order valence-corrected chi connectivity index (χ0v) is 29.4. The van der Waals surface area contributed by atoms with Crippen LogP contribution in [0.15, 0.2) is 54.6 Å². The van der Waals surface area contributed by atoms with Crippen LogP contribution in [0.5, 0.6) is 11.5 Å². The van der Waals surface area contributed by atoms with E-state index in [9.17, 15) is 9.59 Å². The molecule has 0 saturated heterocycles. The molecule has 258 valence electrons. The number of carbonyl (C=O) groups is 2. The summed E-state index contributed by atoms with van der Waals surface area (Å²) in [7, 11) is 1.62. The van der Waals surface area contributed by atoms with Gasteiger partial charge in [-0.25, -0.2) is 0 Å². The van der Waals surface area contributed by atoms with Gasteiger partial charge in [-0.15, -0.1) is 0 Å². The Bertz CT molecular complexity index is 1550. The third-order valence-electron chi connectivity index (χ3n) is 9.26. The standard InChI is InChI=1S/C40H52N2O6/c1-6-17-46-19-20-47-18-16-41(15-9-12-37(43)28(2)3)34-22-29(4)21-30(23-34)27-48-39-25-31-13-14-33-24-32-10-7-8-11-36(32)42(33)40(44)35(31)26-38(39)45-5/h7-8,10-11,21-23,25-26,28,33H,6,9,12-20,24,27H2,1-5H3/t33-/m1/s1. The molecule has 8 nitrogen and oxygen atoms in total. The van der Waals surface area contributed by atoms with E-state index in [0.717, 1.165) is 73.3 Å². The predicted molar refractivity (Wildman–Crippen MR) is 191 cm³/mol. The van der Waals surface area contributed by atoms with Crippen molar-refractivity contribution in [2.24, 2.45) is 5.92 Å². The second-order valence-electron chi connectivity index (χ2n) is 13.3. The first-order chi connectivity index (χ1) is 23.3. The van der Waals surface area contributed by atoms with Gasteiger partial charge in [-0.2, -0.15) is 0 Å². The fraction of sp³-hybridized carbons (Fsp3) is 0.500. The molecule has 3 aromatic carbocycles. The van der Waals surface area contributed by atoms with Crippen LogP contribution < -0.4 is 19.3 Å². The lowest BCUT2D eigenvalue weighted by molar-refractivity contribution is -0.121. The molecule has 0 fully saturated rings. The molecular formula is C40H52N2O6. The maximum absolute atomic E-state index is 13.9. The molecule has 0 spiro atoms. The minimum absolute atomic E-state index is 0.0262. The van der Waals surface area contributed by atoms with Crippen molar-refractivity contribution in [1.82, 2.24) is 0 Å². The lowest BCUT2D eigenvalue weighted by Crippen LogP contribution is -2.36. The molecule has 0 unspecified atom stereocenters. The molecule has 2 aliphatic rings. The summed E-state index contributed by atoms with van der Waals surface area (Å²) in [5.74, 6) is 1.55. The second-order valence-corrected chi connectivity index (χ2v) is 13.3. The number of methoxy groups -OCH3 is 1. The van der Waals surface area contributed by atoms with Crippen LogP contribution >= 0.6 is 0 Å². The van der Waals surface area contributed by atoms with E-state index >= 15 is 0 Å². The summed E-state index contributed by atoms with van der Waals surface area (Å²) in [5, 5.41) is 0. The maximum Gasteiger partial charge on any atom is 0.258 e. The molecule has 0 bridgehead atoms. The molecule has 1 atom stereocenters. The number of hydrogen-bond donors (Lipinski definition) is 0. The molecule has 0 N–H and O–H groups in total. The van der Waals surface area contributed by atoms with Gasteiger partial charge < -0.3 is 28.7 Å². The number of carbonyl (C=O) groups excluding carboxylic acids is 2. The van der Waals surface area contributed by atoms with Gasteiger partial charge in [0.05, 0.1) is 26.9 Å². The van der Waals surface area contributed by atoms with Crippen LogP contribution in [0.4, 0.5) is 11.4 Å². The van der Waals surface area contributed by atoms with Crippen LogP contribution in [-0.2, 0) is 33.7 Å². The first kappa shape index (κ1) is 35.4. The highest BCUT2D eigenvalue weighted by Crippen LogP contribution is 2.40. The van der Waals surface area contributed by atoms with Crippen molar-refractivity contribution in [1.29, 1.82) is 0 Å². The molecule has 48 heavy (non-hydrogen) atoms. The van der Waals surface area contributed by atoms with Crippen molar-refractivity contribution in [3.05, 3.63) is 82.4 Å². The van der Waals surface area contributed by atoms with Crippen molar-refractivity contribution in [3.63, 3.8) is 0 Å². The molecule has 0 aromatic heterocycles. The van der Waals surface area contributed by atoms with Crippen LogP contribution in [-0.4, -0.2) is 64.4 Å². The highest BCUT2D eigenvalue weighted by molar-refractivity contribution is 6.09. The molecule has 0 radical (unpaired) electrons. The quantitative estimate of drug-likeness (QED) is 0.133. The smallest absolute Gasteiger partial charge is 0.258 e. The highest BCUT2D eigenvalue weighted by Gasteiger charge is 2.37. The number of benzene rings is 3. The van der Waals surface area contributed by atoms with Crippen molar-refractivity contribution in [2.75, 3.05) is 56.4 Å². The Morgan fingerprint density at radius 1 is 0.958 bits per heavy atom. The predicted octanol–water partition coefficient (Wildman–Crippen LogP) is 7.36. The van der Waals surface area contributed by atoms with Crippen LogP contribution in [0.2, 0.25) is 0 Å². The molecule has 0 saturated carbocycles. The number of Topliss-reactive ketones (excluding diaryl/α,β-unsaturated/α-hetero) is 1. The average Bonchev–Trinajstić information content (AvgIpc) is 3.40. The molecule has 2 heterocycles. The van der Waals surface area contributed by atoms with Gasteiger partial charge in [-0.05, 0) is 91.6 Å². The lowest BCUT2D eigenvalue weighted by atomic mass is 9.99. The Morgan fingerprint density at radius 2 is 1.75 bits per heavy atom. The summed E-state index contributed by atoms with van der Waals surface area (Å²) in [4.78, 5) is 30.5. The van der Waals surface area contributed by atoms with Crippen molar-refractivity contribution in [3.8, 4) is 11.5 Å². The third-order valence-corrected chi connectivity index (χ3v) is 9.26. The third kappa shape index (κ3) is 8.77. The zero-order valence-electron chi connectivity index (χ0n) is 29.4. The van der Waals surface area contributed by atoms with Gasteiger partial charge in [-0.3, -0.25) is 9.59 Å². The number of amides is 1. The maximum atomic E-state index is 13.9. The van der Waals surface area contributed by atoms with Crippen molar-refractivity contribution in [2.45, 2.75) is 78.9 Å². The van der Waals surface area contributed by atoms with E-state index in [0.29, 0.717) is 62.2 Å². The lowest BCUT2D eigenvalue weighted by Gasteiger charge is -2.26. The molecule has 2 aliphatic heterocycles. The summed E-state index contributed by atoms with van der Waals surface area (Å²) < 4.78 is 23.6. The zero-order chi connectivity index (χ0) is 34.0. The minimum atomic E-state index is 0.0262. The SMILES string of the molecule is CCCOCCOCCN(CCCC(=O)C(C)C)c1cc(C)cc(COc2cc3c(cc2OC)C(=O)N2c4ccccc4C[C@H]2CC3)c1. The number of ketones is 1. The number of hydrogen-bond acceptors (Lipinski definition) is 7. The number of para-hydroxylation sites is 1. The van der Waals surface area contributed by atoms with Crippen molar-refractivity contribution < 1.29 is 28.5 Å². The molecular weight excluding hydrogens is 604 g/mol. The Hall–Kier alpha value is -3.88. The van der Waals surface area contributed by atoms with Crippen LogP contribution in [0.1, 0.15) is 79.1 Å². The van der Waals surface area contributed by atoms with Crippen LogP contribution in [0.25, 0.3) is 0 Å². The minimum Gasteiger partial charge on any atom is -0.493 e. The van der Waals surface area contributed by atoms with E-state index in [4.69, 9.17) is 18.9 Å². The van der Waals surface area contributed by atoms with Gasteiger partial charge in [0.15, 0.2) is 11.5 Å². The monoisotopic (exact) mass is 656 g/mol. The summed E-state index contributed by atoms with van der Waals surface area (Å²) in [6, 6.07) is 18.7. The Balaban J connectivity index is 1.29. The van der Waals surface area contributed by atoms with Gasteiger partial charge in [0.25, 0.3) is 5.91 Å². The van der Waals surface area contributed by atoms with E-state index in [2.05, 4.69) is 43.0 Å². The first-order valence-electron chi connectivity index (χ1n) is 17.6. The molecule has 8 heteroatoms. The topological polar surface area (TPSA) is 77.5 Å². The molecule has 5 rings (SSSR count). The van der Waals surface area contributed by atoms with E-state index in [1.807, 2.05) is 49.1 Å². The van der Waals surface area contributed by atoms with Gasteiger partial charge in [0, 0.05) is 55.0 Å². The number of nitrogens with zero attached hydrogens (tertiary/aromatic N) is 2. The molecule has 0 aliphatic carbocycles. The largest absolute Gasteiger partial charge is 0.493 e. The molecule has 3 aromatic rings. The first-order valence-corrected chi connectivity index (χ1v) is 17.6. The summed E-state index contributed by atoms with van der Waals surface area (Å²) in [6.07, 6.45) is 4.92. The van der Waals surface area contributed by atoms with E-state index < -0.39 is 0 Å². The fourth-order valence-electron chi connectivity index (χ4n) is 6.71. The Kier molecular flexibility index (Phi) is 12.5. The fourth-order valence-corrected chi connectivity index (χ4v) is 6.71. The highest BCUT2D eigenvalue weighted by atomic mass is 16.5. The van der Waals surface area contributed by atoms with Crippen molar-refractivity contribution >= 4 is 23.1 Å². The second kappa shape index (κ2) is 17.0.